The van der Waals surface area contributed by atoms with Crippen LogP contribution in [0.5, 0.6) is 0 Å². The van der Waals surface area contributed by atoms with Crippen LogP contribution in [0.15, 0.2) is 29.6 Å². The topological polar surface area (TPSA) is 119 Å². The van der Waals surface area contributed by atoms with Gasteiger partial charge in [-0.3, -0.25) is 19.6 Å². The zero-order valence-corrected chi connectivity index (χ0v) is 17.5. The number of fused-ring (bicyclic) bond motifs is 1. The van der Waals surface area contributed by atoms with Crippen molar-refractivity contribution >= 4 is 39.1 Å². The SMILES string of the molecule is O=C(CCCC1CCN(C(=O)[C@H](CO)NC(=O)c2ccc3sccc3c2)CC1)NO. The zero-order chi connectivity index (χ0) is 21.5. The smallest absolute Gasteiger partial charge is 0.252 e. The normalized spacial score (nSPS) is 15.7. The first kappa shape index (κ1) is 22.2. The first-order valence-electron chi connectivity index (χ1n) is 10.1. The standard InChI is InChI=1S/C21H27N3O5S/c25-13-17(22-20(27)16-4-5-18-15(12-16)8-11-30-18)21(28)24-9-6-14(7-10-24)2-1-3-19(26)23-29/h4-5,8,11-12,14,17,25,29H,1-3,6-7,9-10,13H2,(H,22,27)(H,23,26)/t17-/m0/s1. The van der Waals surface area contributed by atoms with Gasteiger partial charge in [0.2, 0.25) is 11.8 Å². The molecule has 1 fully saturated rings. The van der Waals surface area contributed by atoms with Gasteiger partial charge in [-0.05, 0) is 66.6 Å². The Balaban J connectivity index is 1.49. The summed E-state index contributed by atoms with van der Waals surface area (Å²) in [6.45, 7) is 0.660. The van der Waals surface area contributed by atoms with E-state index >= 15 is 0 Å². The predicted octanol–water partition coefficient (Wildman–Crippen LogP) is 1.91. The van der Waals surface area contributed by atoms with Crippen LogP contribution < -0.4 is 10.8 Å². The van der Waals surface area contributed by atoms with Crippen molar-refractivity contribution in [2.45, 2.75) is 38.1 Å². The van der Waals surface area contributed by atoms with E-state index in [1.807, 2.05) is 17.5 Å². The maximum absolute atomic E-state index is 12.8. The van der Waals surface area contributed by atoms with Crippen molar-refractivity contribution in [2.75, 3.05) is 19.7 Å². The van der Waals surface area contributed by atoms with Gasteiger partial charge in [0.1, 0.15) is 6.04 Å². The molecular formula is C21H27N3O5S. The summed E-state index contributed by atoms with van der Waals surface area (Å²) in [4.78, 5) is 38.1. The molecule has 1 aromatic heterocycles. The molecule has 0 saturated carbocycles. The van der Waals surface area contributed by atoms with Gasteiger partial charge in [-0.2, -0.15) is 0 Å². The third-order valence-electron chi connectivity index (χ3n) is 5.57. The Labute approximate surface area is 178 Å². The Morgan fingerprint density at radius 2 is 1.97 bits per heavy atom. The van der Waals surface area contributed by atoms with Crippen LogP contribution in [-0.4, -0.2) is 58.7 Å². The monoisotopic (exact) mass is 433 g/mol. The number of hydrogen-bond acceptors (Lipinski definition) is 6. The van der Waals surface area contributed by atoms with Crippen LogP contribution in [0.3, 0.4) is 0 Å². The highest BCUT2D eigenvalue weighted by Crippen LogP contribution is 2.24. The van der Waals surface area contributed by atoms with E-state index in [0.717, 1.165) is 29.3 Å². The van der Waals surface area contributed by atoms with Crippen LogP contribution in [-0.2, 0) is 9.59 Å². The molecule has 0 aliphatic carbocycles. The summed E-state index contributed by atoms with van der Waals surface area (Å²) in [5, 5.41) is 23.8. The minimum atomic E-state index is -0.972. The average molecular weight is 434 g/mol. The third-order valence-corrected chi connectivity index (χ3v) is 6.47. The molecule has 1 saturated heterocycles. The van der Waals surface area contributed by atoms with Crippen LogP contribution in [0.1, 0.15) is 42.5 Å². The van der Waals surface area contributed by atoms with Crippen LogP contribution in [0.2, 0.25) is 0 Å². The minimum absolute atomic E-state index is 0.277. The van der Waals surface area contributed by atoms with E-state index in [1.54, 1.807) is 33.8 Å². The molecular weight excluding hydrogens is 406 g/mol. The van der Waals surface area contributed by atoms with E-state index < -0.39 is 12.6 Å². The maximum atomic E-state index is 12.8. The fourth-order valence-electron chi connectivity index (χ4n) is 3.80. The van der Waals surface area contributed by atoms with Gasteiger partial charge >= 0.3 is 0 Å². The molecule has 9 heteroatoms. The quantitative estimate of drug-likeness (QED) is 0.375. The molecule has 4 N–H and O–H groups in total. The summed E-state index contributed by atoms with van der Waals surface area (Å²) in [6, 6.07) is 6.34. The highest BCUT2D eigenvalue weighted by atomic mass is 32.1. The molecule has 8 nitrogen and oxygen atoms in total. The fourth-order valence-corrected chi connectivity index (χ4v) is 4.58. The Morgan fingerprint density at radius 3 is 2.67 bits per heavy atom. The molecule has 0 radical (unpaired) electrons. The second-order valence-electron chi connectivity index (χ2n) is 7.58. The summed E-state index contributed by atoms with van der Waals surface area (Å²) in [5.74, 6) is -0.629. The maximum Gasteiger partial charge on any atom is 0.252 e. The number of piperidine rings is 1. The molecule has 2 heterocycles. The molecule has 0 spiro atoms. The van der Waals surface area contributed by atoms with Gasteiger partial charge in [-0.25, -0.2) is 5.48 Å². The van der Waals surface area contributed by atoms with Crippen LogP contribution in [0.4, 0.5) is 0 Å². The van der Waals surface area contributed by atoms with Gasteiger partial charge in [0.15, 0.2) is 0 Å². The number of benzene rings is 1. The van der Waals surface area contributed by atoms with Crippen LogP contribution >= 0.6 is 11.3 Å². The molecule has 1 aromatic carbocycles. The first-order valence-corrected chi connectivity index (χ1v) is 11.0. The van der Waals surface area contributed by atoms with E-state index in [2.05, 4.69) is 5.32 Å². The molecule has 162 valence electrons. The van der Waals surface area contributed by atoms with Crippen molar-refractivity contribution in [1.29, 1.82) is 0 Å². The lowest BCUT2D eigenvalue weighted by Gasteiger charge is -2.34. The zero-order valence-electron chi connectivity index (χ0n) is 16.7. The van der Waals surface area contributed by atoms with Crippen LogP contribution in [0, 0.1) is 5.92 Å². The molecule has 3 amide bonds. The highest BCUT2D eigenvalue weighted by molar-refractivity contribution is 7.17. The summed E-state index contributed by atoms with van der Waals surface area (Å²) in [7, 11) is 0. The number of hydrogen-bond donors (Lipinski definition) is 4. The van der Waals surface area contributed by atoms with E-state index in [4.69, 9.17) is 5.21 Å². The van der Waals surface area contributed by atoms with E-state index in [-0.39, 0.29) is 24.1 Å². The molecule has 0 bridgehead atoms. The highest BCUT2D eigenvalue weighted by Gasteiger charge is 2.29. The Kier molecular flexibility index (Phi) is 7.78. The molecule has 1 aliphatic heterocycles. The predicted molar refractivity (Wildman–Crippen MR) is 113 cm³/mol. The van der Waals surface area contributed by atoms with Crippen molar-refractivity contribution < 1.29 is 24.7 Å². The lowest BCUT2D eigenvalue weighted by molar-refractivity contribution is -0.135. The molecule has 1 aliphatic rings. The Hall–Kier alpha value is -2.49. The van der Waals surface area contributed by atoms with Crippen molar-refractivity contribution in [3.63, 3.8) is 0 Å². The molecule has 0 unspecified atom stereocenters. The van der Waals surface area contributed by atoms with E-state index in [0.29, 0.717) is 31.0 Å². The summed E-state index contributed by atoms with van der Waals surface area (Å²) in [5.41, 5.74) is 2.08. The lowest BCUT2D eigenvalue weighted by Crippen LogP contribution is -2.52. The number of carbonyl (C=O) groups excluding carboxylic acids is 3. The number of amides is 3. The lowest BCUT2D eigenvalue weighted by atomic mass is 9.91. The number of hydroxylamine groups is 1. The van der Waals surface area contributed by atoms with Gasteiger partial charge in [-0.1, -0.05) is 0 Å². The number of thiophene rings is 1. The Bertz CT molecular complexity index is 892. The number of rotatable bonds is 8. The number of nitrogens with zero attached hydrogens (tertiary/aromatic N) is 1. The van der Waals surface area contributed by atoms with Gasteiger partial charge in [0.05, 0.1) is 6.61 Å². The van der Waals surface area contributed by atoms with Gasteiger partial charge < -0.3 is 15.3 Å². The van der Waals surface area contributed by atoms with Gasteiger partial charge in [0, 0.05) is 29.8 Å². The average Bonchev–Trinajstić information content (AvgIpc) is 3.25. The van der Waals surface area contributed by atoms with E-state index in [1.165, 1.54) is 0 Å². The third kappa shape index (κ3) is 5.56. The fraction of sp³-hybridized carbons (Fsp3) is 0.476. The van der Waals surface area contributed by atoms with Crippen molar-refractivity contribution in [1.82, 2.24) is 15.7 Å². The number of aliphatic hydroxyl groups is 1. The second-order valence-corrected chi connectivity index (χ2v) is 8.53. The second kappa shape index (κ2) is 10.5. The summed E-state index contributed by atoms with van der Waals surface area (Å²) < 4.78 is 1.08. The Morgan fingerprint density at radius 1 is 1.20 bits per heavy atom. The van der Waals surface area contributed by atoms with Gasteiger partial charge in [0.25, 0.3) is 5.91 Å². The summed E-state index contributed by atoms with van der Waals surface area (Å²) >= 11 is 1.59. The first-order chi connectivity index (χ1) is 14.5. The van der Waals surface area contributed by atoms with Crippen molar-refractivity contribution in [2.24, 2.45) is 5.92 Å². The summed E-state index contributed by atoms with van der Waals surface area (Å²) in [6.07, 6.45) is 3.46. The number of aliphatic hydroxyl groups excluding tert-OH is 1. The number of likely N-dealkylation sites (tertiary alicyclic amines) is 1. The number of nitrogens with one attached hydrogen (secondary N) is 2. The van der Waals surface area contributed by atoms with Crippen molar-refractivity contribution in [3.8, 4) is 0 Å². The molecule has 3 rings (SSSR count). The van der Waals surface area contributed by atoms with Crippen LogP contribution in [0.25, 0.3) is 10.1 Å². The van der Waals surface area contributed by atoms with Crippen molar-refractivity contribution in [3.05, 3.63) is 35.2 Å². The van der Waals surface area contributed by atoms with E-state index in [9.17, 15) is 19.5 Å². The molecule has 30 heavy (non-hydrogen) atoms. The largest absolute Gasteiger partial charge is 0.394 e. The minimum Gasteiger partial charge on any atom is -0.394 e. The molecule has 1 atom stereocenters. The number of carbonyl (C=O) groups is 3. The van der Waals surface area contributed by atoms with Gasteiger partial charge in [-0.15, -0.1) is 11.3 Å². The molecule has 2 aromatic rings.